The first-order valence-corrected chi connectivity index (χ1v) is 33.3. The first-order valence-electron chi connectivity index (χ1n) is 25.4. The summed E-state index contributed by atoms with van der Waals surface area (Å²) < 4.78 is 48.7. The molecule has 4 aromatic carbocycles. The van der Waals surface area contributed by atoms with E-state index in [1.54, 1.807) is 22.5 Å². The molecule has 4 aromatic rings. The third-order valence-corrected chi connectivity index (χ3v) is 31.0. The highest BCUT2D eigenvalue weighted by molar-refractivity contribution is 7.84. The van der Waals surface area contributed by atoms with Gasteiger partial charge in [-0.15, -0.1) is 0 Å². The van der Waals surface area contributed by atoms with Gasteiger partial charge in [-0.2, -0.15) is 13.2 Å². The second-order valence-corrected chi connectivity index (χ2v) is 32.6. The summed E-state index contributed by atoms with van der Waals surface area (Å²) in [5, 5.41) is 7.22. The molecule has 0 radical (unpaired) electrons. The van der Waals surface area contributed by atoms with Gasteiger partial charge in [0.15, 0.2) is 0 Å². The molecule has 346 valence electrons. The lowest BCUT2D eigenvalue weighted by atomic mass is 9.96. The minimum Gasteiger partial charge on any atom is -0.242 e. The number of unbranched alkanes of at least 4 members (excludes halogenated alkanes) is 6. The van der Waals surface area contributed by atoms with Gasteiger partial charge in [-0.25, -0.2) is 4.44 Å². The lowest BCUT2D eigenvalue weighted by Gasteiger charge is -2.46. The van der Waals surface area contributed by atoms with Crippen molar-refractivity contribution >= 4 is 63.9 Å². The van der Waals surface area contributed by atoms with Crippen molar-refractivity contribution in [3.8, 4) is 0 Å². The Bertz CT molecular complexity index is 1740. The Labute approximate surface area is 387 Å². The zero-order valence-corrected chi connectivity index (χ0v) is 43.9. The van der Waals surface area contributed by atoms with Gasteiger partial charge in [0.2, 0.25) is 0 Å². The predicted molar refractivity (Wildman–Crippen MR) is 281 cm³/mol. The molecule has 0 aromatic heterocycles. The van der Waals surface area contributed by atoms with E-state index in [0.717, 1.165) is 31.0 Å². The number of rotatable bonds is 27. The van der Waals surface area contributed by atoms with Gasteiger partial charge < -0.3 is 0 Å². The topological polar surface area (TPSA) is 3.24 Å². The summed E-state index contributed by atoms with van der Waals surface area (Å²) in [5.74, 6) is 0. The molecule has 0 amide bonds. The Hall–Kier alpha value is -2.08. The van der Waals surface area contributed by atoms with Crippen LogP contribution in [-0.2, 0) is 6.18 Å². The second kappa shape index (κ2) is 26.3. The van der Waals surface area contributed by atoms with Crippen LogP contribution in [0.5, 0.6) is 0 Å². The fourth-order valence-corrected chi connectivity index (χ4v) is 28.3. The SMILES string of the molecule is CCCC[Si](CCCC)(CCCC)c1ccc(P(c2ccc([Si](CCCC)(CCCC)CCCC)cc2)N(C2CCCCC2)P(c2ccccc2)c2ccccc2C(F)(F)F)cc1. The van der Waals surface area contributed by atoms with Gasteiger partial charge in [0.25, 0.3) is 0 Å². The maximum absolute atomic E-state index is 15.3. The Morgan fingerprint density at radius 1 is 0.460 bits per heavy atom. The van der Waals surface area contributed by atoms with Crippen molar-refractivity contribution < 1.29 is 13.2 Å². The maximum Gasteiger partial charge on any atom is 0.417 e. The van der Waals surface area contributed by atoms with Crippen molar-refractivity contribution in [2.45, 2.75) is 199 Å². The summed E-state index contributed by atoms with van der Waals surface area (Å²) in [7, 11) is -6.31. The highest BCUT2D eigenvalue weighted by atomic mass is 31.2. The summed E-state index contributed by atoms with van der Waals surface area (Å²) in [5.41, 5.74) is -0.487. The monoisotopic (exact) mass is 932 g/mol. The zero-order chi connectivity index (χ0) is 45.1. The Morgan fingerprint density at radius 2 is 0.825 bits per heavy atom. The molecular weight excluding hydrogens is 850 g/mol. The van der Waals surface area contributed by atoms with Crippen LogP contribution in [0.1, 0.15) is 156 Å². The molecule has 1 saturated carbocycles. The van der Waals surface area contributed by atoms with Gasteiger partial charge in [0, 0.05) is 27.5 Å². The van der Waals surface area contributed by atoms with Crippen molar-refractivity contribution in [1.82, 2.24) is 4.44 Å². The van der Waals surface area contributed by atoms with Gasteiger partial charge >= 0.3 is 6.18 Å². The van der Waals surface area contributed by atoms with E-state index in [4.69, 9.17) is 0 Å². The van der Waals surface area contributed by atoms with Gasteiger partial charge in [-0.05, 0) is 34.8 Å². The fourth-order valence-electron chi connectivity index (χ4n) is 10.6. The predicted octanol–water partition coefficient (Wildman–Crippen LogP) is 15.8. The first kappa shape index (κ1) is 51.9. The first-order chi connectivity index (χ1) is 30.6. The lowest BCUT2D eigenvalue weighted by Crippen LogP contribution is -2.48. The van der Waals surface area contributed by atoms with E-state index >= 15 is 13.2 Å². The normalized spacial score (nSPS) is 14.8. The molecule has 1 nitrogen and oxygen atoms in total. The van der Waals surface area contributed by atoms with Crippen LogP contribution in [-0.4, -0.2) is 26.6 Å². The molecule has 1 atom stereocenters. The average molecular weight is 932 g/mol. The van der Waals surface area contributed by atoms with Crippen molar-refractivity contribution in [3.63, 3.8) is 0 Å². The van der Waals surface area contributed by atoms with E-state index in [-0.39, 0.29) is 6.04 Å². The van der Waals surface area contributed by atoms with E-state index in [9.17, 15) is 0 Å². The fraction of sp³-hybridized carbons (Fsp3) is 0.564. The van der Waals surface area contributed by atoms with E-state index in [1.165, 1.54) is 136 Å². The van der Waals surface area contributed by atoms with E-state index in [2.05, 4.69) is 107 Å². The van der Waals surface area contributed by atoms with Gasteiger partial charge in [0.1, 0.15) is 0 Å². The highest BCUT2D eigenvalue weighted by Crippen LogP contribution is 2.59. The van der Waals surface area contributed by atoms with Crippen LogP contribution in [0.4, 0.5) is 13.2 Å². The molecule has 1 aliphatic rings. The zero-order valence-electron chi connectivity index (χ0n) is 40.1. The summed E-state index contributed by atoms with van der Waals surface area (Å²) >= 11 is 0. The summed E-state index contributed by atoms with van der Waals surface area (Å²) in [6, 6.07) is 45.1. The molecule has 0 saturated heterocycles. The Morgan fingerprint density at radius 3 is 1.21 bits per heavy atom. The maximum atomic E-state index is 15.3. The molecule has 63 heavy (non-hydrogen) atoms. The minimum absolute atomic E-state index is 0.177. The quantitative estimate of drug-likeness (QED) is 0.0425. The molecule has 1 unspecified atom stereocenters. The Balaban J connectivity index is 1.80. The largest absolute Gasteiger partial charge is 0.417 e. The molecule has 5 rings (SSSR count). The summed E-state index contributed by atoms with van der Waals surface area (Å²) in [6.45, 7) is 14.0. The summed E-state index contributed by atoms with van der Waals surface area (Å²) in [4.78, 5) is 0. The average Bonchev–Trinajstić information content (AvgIpc) is 3.32. The van der Waals surface area contributed by atoms with Gasteiger partial charge in [-0.1, -0.05) is 282 Å². The van der Waals surface area contributed by atoms with Crippen LogP contribution >= 0.6 is 16.1 Å². The number of hydrogen-bond acceptors (Lipinski definition) is 1. The molecular formula is C55H82F3NP2Si2. The molecule has 0 heterocycles. The van der Waals surface area contributed by atoms with Crippen LogP contribution in [0.3, 0.4) is 0 Å². The number of halogens is 3. The van der Waals surface area contributed by atoms with Crippen LogP contribution in [0.2, 0.25) is 36.3 Å². The van der Waals surface area contributed by atoms with Crippen LogP contribution in [0.25, 0.3) is 0 Å². The smallest absolute Gasteiger partial charge is 0.242 e. The number of alkyl halides is 3. The molecule has 0 spiro atoms. The van der Waals surface area contributed by atoms with Crippen LogP contribution < -0.4 is 31.6 Å². The van der Waals surface area contributed by atoms with Crippen molar-refractivity contribution in [3.05, 3.63) is 109 Å². The van der Waals surface area contributed by atoms with Crippen LogP contribution in [0, 0.1) is 0 Å². The van der Waals surface area contributed by atoms with Gasteiger partial charge in [-0.3, -0.25) is 0 Å². The van der Waals surface area contributed by atoms with Crippen molar-refractivity contribution in [2.24, 2.45) is 0 Å². The summed E-state index contributed by atoms with van der Waals surface area (Å²) in [6.07, 6.45) is 16.1. The molecule has 0 aliphatic heterocycles. The molecule has 0 bridgehead atoms. The molecule has 8 heteroatoms. The number of benzene rings is 4. The van der Waals surface area contributed by atoms with E-state index < -0.39 is 44.0 Å². The minimum atomic E-state index is -4.46. The van der Waals surface area contributed by atoms with E-state index in [0.29, 0.717) is 5.30 Å². The van der Waals surface area contributed by atoms with E-state index in [1.807, 2.05) is 24.3 Å². The van der Waals surface area contributed by atoms with Crippen molar-refractivity contribution in [2.75, 3.05) is 0 Å². The van der Waals surface area contributed by atoms with Gasteiger partial charge in [0.05, 0.1) is 21.7 Å². The molecule has 1 fully saturated rings. The van der Waals surface area contributed by atoms with Crippen molar-refractivity contribution in [1.29, 1.82) is 0 Å². The highest BCUT2D eigenvalue weighted by Gasteiger charge is 2.43. The Kier molecular flexibility index (Phi) is 21.7. The molecule has 1 aliphatic carbocycles. The number of hydrogen-bond donors (Lipinski definition) is 0. The third-order valence-electron chi connectivity index (χ3n) is 14.3. The van der Waals surface area contributed by atoms with Crippen LogP contribution in [0.15, 0.2) is 103 Å². The number of nitrogens with zero attached hydrogens (tertiary/aromatic N) is 1. The standard InChI is InChI=1S/C55H82F3NP2Si2/c1-7-13-41-62(42-14-8-2,43-15-9-3)51-37-33-49(34-38-51)60(50-35-39-52(40-36-50)63(44-16-10-4,45-17-11-5)46-18-12-6)59(47-27-21-19-22-28-47)61(48-29-23-20-24-30-48)54-32-26-25-31-53(54)55(56,57)58/h20,23-26,29-40,47H,7-19,21-22,27-28,41-46H2,1-6H3. The second-order valence-electron chi connectivity index (χ2n) is 18.9. The third kappa shape index (κ3) is 13.7. The molecule has 0 N–H and O–H groups in total. The lowest BCUT2D eigenvalue weighted by molar-refractivity contribution is -0.136.